The molecule has 136 valence electrons. The molecule has 3 heterocycles. The number of nitrogens with zero attached hydrogens (tertiary/aromatic N) is 5. The van der Waals surface area contributed by atoms with E-state index in [0.29, 0.717) is 5.75 Å². The minimum absolute atomic E-state index is 0.641. The third kappa shape index (κ3) is 3.70. The van der Waals surface area contributed by atoms with Gasteiger partial charge in [-0.25, -0.2) is 0 Å². The fourth-order valence-electron chi connectivity index (χ4n) is 2.64. The first-order valence-electron chi connectivity index (χ1n) is 8.30. The van der Waals surface area contributed by atoms with Gasteiger partial charge in [-0.05, 0) is 43.3 Å². The first kappa shape index (κ1) is 17.3. The Labute approximate surface area is 160 Å². The van der Waals surface area contributed by atoms with Crippen molar-refractivity contribution in [2.24, 2.45) is 0 Å². The molecule has 1 aromatic carbocycles. The van der Waals surface area contributed by atoms with Crippen LogP contribution in [0.2, 0.25) is 0 Å². The summed E-state index contributed by atoms with van der Waals surface area (Å²) in [6.45, 7) is 1.88. The standard InChI is InChI=1S/C19H17N5O2S/c1-13-11-15(23-26-13)12-27-19-22-21-18(14-7-9-20-10-8-14)24(19)16-3-5-17(25-2)6-4-16/h3-11H,12H2,1-2H3. The van der Waals surface area contributed by atoms with Crippen LogP contribution in [0.1, 0.15) is 11.5 Å². The minimum Gasteiger partial charge on any atom is -0.497 e. The average molecular weight is 379 g/mol. The van der Waals surface area contributed by atoms with Crippen molar-refractivity contribution in [3.05, 3.63) is 66.3 Å². The summed E-state index contributed by atoms with van der Waals surface area (Å²) in [5.74, 6) is 2.98. The average Bonchev–Trinajstić information content (AvgIpc) is 3.33. The number of benzene rings is 1. The number of rotatable bonds is 6. The zero-order chi connectivity index (χ0) is 18.6. The summed E-state index contributed by atoms with van der Waals surface area (Å²) < 4.78 is 12.4. The van der Waals surface area contributed by atoms with Gasteiger partial charge in [0, 0.05) is 35.5 Å². The van der Waals surface area contributed by atoms with Gasteiger partial charge in [0.15, 0.2) is 11.0 Å². The van der Waals surface area contributed by atoms with Crippen LogP contribution in [0.5, 0.6) is 5.75 Å². The first-order valence-corrected chi connectivity index (χ1v) is 9.28. The van der Waals surface area contributed by atoms with Crippen molar-refractivity contribution >= 4 is 11.8 Å². The third-order valence-corrected chi connectivity index (χ3v) is 4.89. The summed E-state index contributed by atoms with van der Waals surface area (Å²) in [7, 11) is 1.65. The SMILES string of the molecule is COc1ccc(-n2c(SCc3cc(C)on3)nnc2-c2ccncc2)cc1. The summed E-state index contributed by atoms with van der Waals surface area (Å²) in [6, 6.07) is 13.6. The van der Waals surface area contributed by atoms with E-state index in [0.717, 1.165) is 39.4 Å². The Morgan fingerprint density at radius 2 is 1.85 bits per heavy atom. The summed E-state index contributed by atoms with van der Waals surface area (Å²) in [4.78, 5) is 4.08. The Hall–Kier alpha value is -3.13. The Morgan fingerprint density at radius 1 is 1.07 bits per heavy atom. The lowest BCUT2D eigenvalue weighted by Gasteiger charge is -2.10. The molecule has 0 aliphatic heterocycles. The third-order valence-electron chi connectivity index (χ3n) is 3.93. The quantitative estimate of drug-likeness (QED) is 0.470. The van der Waals surface area contributed by atoms with Gasteiger partial charge in [-0.3, -0.25) is 9.55 Å². The number of ether oxygens (including phenoxy) is 1. The van der Waals surface area contributed by atoms with Gasteiger partial charge in [-0.2, -0.15) is 0 Å². The van der Waals surface area contributed by atoms with Crippen molar-refractivity contribution in [2.75, 3.05) is 7.11 Å². The summed E-state index contributed by atoms with van der Waals surface area (Å²) in [5.41, 5.74) is 2.76. The smallest absolute Gasteiger partial charge is 0.196 e. The van der Waals surface area contributed by atoms with Crippen LogP contribution in [0.15, 0.2) is 64.5 Å². The Kier molecular flexibility index (Phi) is 4.88. The highest BCUT2D eigenvalue weighted by atomic mass is 32.2. The van der Waals surface area contributed by atoms with Crippen LogP contribution >= 0.6 is 11.8 Å². The topological polar surface area (TPSA) is 78.9 Å². The van der Waals surface area contributed by atoms with E-state index < -0.39 is 0 Å². The molecule has 0 saturated carbocycles. The van der Waals surface area contributed by atoms with Crippen molar-refractivity contribution in [1.29, 1.82) is 0 Å². The predicted octanol–water partition coefficient (Wildman–Crippen LogP) is 3.93. The van der Waals surface area contributed by atoms with Crippen molar-refractivity contribution in [3.8, 4) is 22.8 Å². The summed E-state index contributed by atoms with van der Waals surface area (Å²) in [6.07, 6.45) is 3.49. The predicted molar refractivity (Wildman–Crippen MR) is 102 cm³/mol. The van der Waals surface area contributed by atoms with E-state index in [1.165, 1.54) is 0 Å². The molecule has 3 aromatic heterocycles. The molecule has 0 amide bonds. The van der Waals surface area contributed by atoms with Gasteiger partial charge >= 0.3 is 0 Å². The number of hydrogen-bond acceptors (Lipinski definition) is 7. The second kappa shape index (κ2) is 7.63. The first-order chi connectivity index (χ1) is 13.2. The van der Waals surface area contributed by atoms with Gasteiger partial charge in [0.25, 0.3) is 0 Å². The van der Waals surface area contributed by atoms with Crippen LogP contribution in [0.3, 0.4) is 0 Å². The van der Waals surface area contributed by atoms with Crippen LogP contribution in [0.4, 0.5) is 0 Å². The van der Waals surface area contributed by atoms with E-state index in [2.05, 4.69) is 20.3 Å². The monoisotopic (exact) mass is 379 g/mol. The van der Waals surface area contributed by atoms with Gasteiger partial charge in [0.1, 0.15) is 11.5 Å². The highest BCUT2D eigenvalue weighted by Gasteiger charge is 2.17. The fraction of sp³-hybridized carbons (Fsp3) is 0.158. The molecule has 0 N–H and O–H groups in total. The highest BCUT2D eigenvalue weighted by molar-refractivity contribution is 7.98. The zero-order valence-corrected chi connectivity index (χ0v) is 15.7. The molecule has 0 fully saturated rings. The van der Waals surface area contributed by atoms with Gasteiger partial charge in [0.2, 0.25) is 0 Å². The van der Waals surface area contributed by atoms with Crippen LogP contribution < -0.4 is 4.74 Å². The van der Waals surface area contributed by atoms with Crippen molar-refractivity contribution in [1.82, 2.24) is 24.9 Å². The number of pyridine rings is 1. The molecule has 0 aliphatic rings. The summed E-state index contributed by atoms with van der Waals surface area (Å²) >= 11 is 1.55. The largest absolute Gasteiger partial charge is 0.497 e. The molecule has 0 bridgehead atoms. The van der Waals surface area contributed by atoms with Crippen LogP contribution in [-0.4, -0.2) is 32.0 Å². The maximum absolute atomic E-state index is 5.27. The van der Waals surface area contributed by atoms with Gasteiger partial charge in [0.05, 0.1) is 12.8 Å². The molecular formula is C19H17N5O2S. The zero-order valence-electron chi connectivity index (χ0n) is 14.9. The fourth-order valence-corrected chi connectivity index (χ4v) is 3.47. The number of aromatic nitrogens is 5. The maximum atomic E-state index is 5.27. The molecular weight excluding hydrogens is 362 g/mol. The Bertz CT molecular complexity index is 1030. The van der Waals surface area contributed by atoms with Crippen molar-refractivity contribution < 1.29 is 9.26 Å². The molecule has 0 atom stereocenters. The highest BCUT2D eigenvalue weighted by Crippen LogP contribution is 2.30. The lowest BCUT2D eigenvalue weighted by atomic mass is 10.2. The van der Waals surface area contributed by atoms with Crippen LogP contribution in [0.25, 0.3) is 17.1 Å². The summed E-state index contributed by atoms with van der Waals surface area (Å²) in [5, 5.41) is 13.6. The number of aryl methyl sites for hydroxylation is 1. The van der Waals surface area contributed by atoms with E-state index in [1.54, 1.807) is 31.3 Å². The van der Waals surface area contributed by atoms with E-state index in [1.807, 2.05) is 54.0 Å². The molecule has 0 radical (unpaired) electrons. The van der Waals surface area contributed by atoms with Crippen LogP contribution in [-0.2, 0) is 5.75 Å². The lowest BCUT2D eigenvalue weighted by molar-refractivity contribution is 0.393. The molecule has 4 aromatic rings. The Morgan fingerprint density at radius 3 is 2.52 bits per heavy atom. The molecule has 27 heavy (non-hydrogen) atoms. The van der Waals surface area contributed by atoms with E-state index in [9.17, 15) is 0 Å². The van der Waals surface area contributed by atoms with Gasteiger partial charge in [-0.15, -0.1) is 10.2 Å². The number of methoxy groups -OCH3 is 1. The number of thioether (sulfide) groups is 1. The van der Waals surface area contributed by atoms with E-state index in [-0.39, 0.29) is 0 Å². The number of hydrogen-bond donors (Lipinski definition) is 0. The molecule has 0 aliphatic carbocycles. The Balaban J connectivity index is 1.72. The van der Waals surface area contributed by atoms with E-state index in [4.69, 9.17) is 9.26 Å². The molecule has 0 unspecified atom stereocenters. The molecule has 8 heteroatoms. The van der Waals surface area contributed by atoms with Crippen LogP contribution in [0, 0.1) is 6.92 Å². The van der Waals surface area contributed by atoms with Gasteiger partial charge in [-0.1, -0.05) is 16.9 Å². The maximum Gasteiger partial charge on any atom is 0.196 e. The second-order valence-electron chi connectivity index (χ2n) is 5.79. The molecule has 0 saturated heterocycles. The molecule has 7 nitrogen and oxygen atoms in total. The molecule has 4 rings (SSSR count). The minimum atomic E-state index is 0.641. The van der Waals surface area contributed by atoms with E-state index >= 15 is 0 Å². The normalized spacial score (nSPS) is 10.9. The van der Waals surface area contributed by atoms with Crippen molar-refractivity contribution in [3.63, 3.8) is 0 Å². The second-order valence-corrected chi connectivity index (χ2v) is 6.74. The van der Waals surface area contributed by atoms with Crippen molar-refractivity contribution in [2.45, 2.75) is 17.8 Å². The van der Waals surface area contributed by atoms with Gasteiger partial charge < -0.3 is 9.26 Å². The lowest BCUT2D eigenvalue weighted by Crippen LogP contribution is -2.00. The molecule has 0 spiro atoms.